The normalized spacial score (nSPS) is 11.6. The molecule has 0 aliphatic carbocycles. The minimum Gasteiger partial charge on any atom is -0.395 e. The first-order chi connectivity index (χ1) is 4.81. The molecule has 0 spiro atoms. The molecule has 0 saturated carbocycles. The highest BCUT2D eigenvalue weighted by molar-refractivity contribution is 5.08. The Balaban J connectivity index is 3.29. The Hall–Kier alpha value is -0.600. The van der Waals surface area contributed by atoms with Crippen molar-refractivity contribution in [2.75, 3.05) is 19.7 Å². The molecule has 0 aliphatic rings. The van der Waals surface area contributed by atoms with Gasteiger partial charge in [0.1, 0.15) is 0 Å². The molecule has 0 aromatic rings. The van der Waals surface area contributed by atoms with Gasteiger partial charge in [0.05, 0.1) is 6.61 Å². The van der Waals surface area contributed by atoms with Crippen LogP contribution in [0.3, 0.4) is 0 Å². The van der Waals surface area contributed by atoms with Crippen LogP contribution in [0.25, 0.3) is 0 Å². The molecule has 0 radical (unpaired) electrons. The van der Waals surface area contributed by atoms with Gasteiger partial charge in [0.2, 0.25) is 0 Å². The number of aliphatic hydroxyl groups excluding tert-OH is 1. The van der Waals surface area contributed by atoms with Crippen molar-refractivity contribution in [1.82, 2.24) is 5.32 Å². The molecule has 2 nitrogen and oxygen atoms in total. The average Bonchev–Trinajstić information content (AvgIpc) is 1.89. The Bertz CT molecular complexity index is 118. The number of allylic oxidation sites excluding steroid dienone is 2. The van der Waals surface area contributed by atoms with Crippen LogP contribution in [0.15, 0.2) is 24.3 Å². The molecular formula is C8H15NO. The van der Waals surface area contributed by atoms with Gasteiger partial charge >= 0.3 is 0 Å². The molecule has 0 unspecified atom stereocenters. The van der Waals surface area contributed by atoms with Gasteiger partial charge in [-0.05, 0) is 6.92 Å². The van der Waals surface area contributed by atoms with E-state index in [9.17, 15) is 0 Å². The van der Waals surface area contributed by atoms with E-state index in [-0.39, 0.29) is 6.61 Å². The summed E-state index contributed by atoms with van der Waals surface area (Å²) >= 11 is 0. The lowest BCUT2D eigenvalue weighted by atomic mass is 10.3. The van der Waals surface area contributed by atoms with Crippen LogP contribution in [0.5, 0.6) is 0 Å². The van der Waals surface area contributed by atoms with Gasteiger partial charge in [0, 0.05) is 13.1 Å². The zero-order valence-electron chi connectivity index (χ0n) is 6.43. The fourth-order valence-electron chi connectivity index (χ4n) is 0.625. The maximum atomic E-state index is 8.41. The molecule has 0 atom stereocenters. The lowest BCUT2D eigenvalue weighted by molar-refractivity contribution is 0.294. The third kappa shape index (κ3) is 5.54. The van der Waals surface area contributed by atoms with Crippen molar-refractivity contribution in [3.05, 3.63) is 24.3 Å². The van der Waals surface area contributed by atoms with Crippen LogP contribution in [0.2, 0.25) is 0 Å². The van der Waals surface area contributed by atoms with Crippen LogP contribution in [0.1, 0.15) is 6.92 Å². The third-order valence-electron chi connectivity index (χ3n) is 1.09. The first kappa shape index (κ1) is 9.40. The molecule has 0 aromatic carbocycles. The summed E-state index contributed by atoms with van der Waals surface area (Å²) in [7, 11) is 0. The number of aliphatic hydroxyl groups is 1. The largest absolute Gasteiger partial charge is 0.395 e. The molecule has 0 amide bonds. The summed E-state index contributed by atoms with van der Waals surface area (Å²) in [5.74, 6) is 0. The fourth-order valence-corrected chi connectivity index (χ4v) is 0.625. The van der Waals surface area contributed by atoms with Crippen molar-refractivity contribution in [3.63, 3.8) is 0 Å². The van der Waals surface area contributed by atoms with Gasteiger partial charge in [-0.3, -0.25) is 0 Å². The lowest BCUT2D eigenvalue weighted by Gasteiger charge is -2.00. The molecule has 0 fully saturated rings. The highest BCUT2D eigenvalue weighted by atomic mass is 16.3. The van der Waals surface area contributed by atoms with Gasteiger partial charge in [0.15, 0.2) is 0 Å². The molecule has 10 heavy (non-hydrogen) atoms. The minimum absolute atomic E-state index is 0.196. The van der Waals surface area contributed by atoms with Gasteiger partial charge in [-0.25, -0.2) is 0 Å². The Labute approximate surface area is 62.3 Å². The maximum Gasteiger partial charge on any atom is 0.0556 e. The number of nitrogens with one attached hydrogen (secondary N) is 1. The second kappa shape index (κ2) is 6.52. The van der Waals surface area contributed by atoms with E-state index >= 15 is 0 Å². The molecule has 58 valence electrons. The Morgan fingerprint density at radius 2 is 2.40 bits per heavy atom. The lowest BCUT2D eigenvalue weighted by Crippen LogP contribution is -2.19. The molecule has 0 aromatic heterocycles. The van der Waals surface area contributed by atoms with Gasteiger partial charge in [-0.1, -0.05) is 24.3 Å². The molecule has 0 bridgehead atoms. The van der Waals surface area contributed by atoms with Crippen LogP contribution in [0, 0.1) is 0 Å². The van der Waals surface area contributed by atoms with Gasteiger partial charge in [0.25, 0.3) is 0 Å². The van der Waals surface area contributed by atoms with Crippen molar-refractivity contribution >= 4 is 0 Å². The Kier molecular flexibility index (Phi) is 6.13. The third-order valence-corrected chi connectivity index (χ3v) is 1.09. The van der Waals surface area contributed by atoms with E-state index in [0.29, 0.717) is 6.54 Å². The first-order valence-corrected chi connectivity index (χ1v) is 3.41. The van der Waals surface area contributed by atoms with E-state index in [0.717, 1.165) is 6.54 Å². The zero-order chi connectivity index (χ0) is 7.82. The standard InChI is InChI=1S/C8H15NO/c1-3-4-8(2)7-9-5-6-10/h3-4,9-10H,1,5-7H2,2H3/b8-4+. The summed E-state index contributed by atoms with van der Waals surface area (Å²) < 4.78 is 0. The topological polar surface area (TPSA) is 32.3 Å². The van der Waals surface area contributed by atoms with Gasteiger partial charge in [-0.2, -0.15) is 0 Å². The van der Waals surface area contributed by atoms with E-state index in [1.165, 1.54) is 5.57 Å². The summed E-state index contributed by atoms with van der Waals surface area (Å²) in [4.78, 5) is 0. The number of hydrogen-bond acceptors (Lipinski definition) is 2. The van der Waals surface area contributed by atoms with Crippen molar-refractivity contribution in [3.8, 4) is 0 Å². The average molecular weight is 141 g/mol. The van der Waals surface area contributed by atoms with Crippen molar-refractivity contribution in [2.45, 2.75) is 6.92 Å². The maximum absolute atomic E-state index is 8.41. The molecule has 2 N–H and O–H groups in total. The smallest absolute Gasteiger partial charge is 0.0556 e. The zero-order valence-corrected chi connectivity index (χ0v) is 6.43. The predicted molar refractivity (Wildman–Crippen MR) is 43.9 cm³/mol. The molecular weight excluding hydrogens is 126 g/mol. The SMILES string of the molecule is C=C/C=C(\C)CNCCO. The first-order valence-electron chi connectivity index (χ1n) is 3.41. The monoisotopic (exact) mass is 141 g/mol. The van der Waals surface area contributed by atoms with Crippen LogP contribution < -0.4 is 5.32 Å². The molecule has 0 aliphatic heterocycles. The predicted octanol–water partition coefficient (Wildman–Crippen LogP) is 0.701. The van der Waals surface area contributed by atoms with E-state index < -0.39 is 0 Å². The molecule has 2 heteroatoms. The number of rotatable bonds is 5. The highest BCUT2D eigenvalue weighted by Gasteiger charge is 1.85. The molecule has 0 saturated heterocycles. The van der Waals surface area contributed by atoms with Crippen molar-refractivity contribution < 1.29 is 5.11 Å². The summed E-state index contributed by atoms with van der Waals surface area (Å²) in [6.07, 6.45) is 3.71. The minimum atomic E-state index is 0.196. The summed E-state index contributed by atoms with van der Waals surface area (Å²) in [5, 5.41) is 11.5. The van der Waals surface area contributed by atoms with E-state index in [4.69, 9.17) is 5.11 Å². The van der Waals surface area contributed by atoms with E-state index in [2.05, 4.69) is 11.9 Å². The Morgan fingerprint density at radius 3 is 2.90 bits per heavy atom. The molecule has 0 heterocycles. The second-order valence-electron chi connectivity index (χ2n) is 2.15. The summed E-state index contributed by atoms with van der Waals surface area (Å²) in [6, 6.07) is 0. The van der Waals surface area contributed by atoms with Gasteiger partial charge < -0.3 is 10.4 Å². The second-order valence-corrected chi connectivity index (χ2v) is 2.15. The van der Waals surface area contributed by atoms with Crippen molar-refractivity contribution in [1.29, 1.82) is 0 Å². The highest BCUT2D eigenvalue weighted by Crippen LogP contribution is 1.88. The number of hydrogen-bond donors (Lipinski definition) is 2. The summed E-state index contributed by atoms with van der Waals surface area (Å²) in [5.41, 5.74) is 1.23. The summed E-state index contributed by atoms with van der Waals surface area (Å²) in [6.45, 7) is 7.27. The van der Waals surface area contributed by atoms with E-state index in [1.807, 2.05) is 13.0 Å². The van der Waals surface area contributed by atoms with Crippen LogP contribution >= 0.6 is 0 Å². The van der Waals surface area contributed by atoms with Crippen LogP contribution in [0.4, 0.5) is 0 Å². The van der Waals surface area contributed by atoms with Gasteiger partial charge in [-0.15, -0.1) is 0 Å². The molecule has 0 rings (SSSR count). The van der Waals surface area contributed by atoms with Crippen LogP contribution in [-0.4, -0.2) is 24.8 Å². The van der Waals surface area contributed by atoms with Crippen molar-refractivity contribution in [2.24, 2.45) is 0 Å². The van der Waals surface area contributed by atoms with E-state index in [1.54, 1.807) is 6.08 Å². The fraction of sp³-hybridized carbons (Fsp3) is 0.500. The van der Waals surface area contributed by atoms with Crippen LogP contribution in [-0.2, 0) is 0 Å². The Morgan fingerprint density at radius 1 is 1.70 bits per heavy atom. The quantitative estimate of drug-likeness (QED) is 0.436.